The molecule has 0 amide bonds. The van der Waals surface area contributed by atoms with Crippen molar-refractivity contribution in [1.29, 1.82) is 0 Å². The number of aliphatic hydroxyl groups is 1. The van der Waals surface area contributed by atoms with Gasteiger partial charge in [-0.15, -0.1) is 0 Å². The summed E-state index contributed by atoms with van der Waals surface area (Å²) < 4.78 is 6.81. The van der Waals surface area contributed by atoms with E-state index in [2.05, 4.69) is 66.7 Å². The van der Waals surface area contributed by atoms with Crippen LogP contribution in [0.4, 0.5) is 0 Å². The zero-order valence-corrected chi connectivity index (χ0v) is 20.7. The van der Waals surface area contributed by atoms with Crippen molar-refractivity contribution < 1.29 is 5.11 Å². The highest BCUT2D eigenvalue weighted by molar-refractivity contribution is 6.02. The van der Waals surface area contributed by atoms with Crippen LogP contribution in [0.1, 0.15) is 11.1 Å². The van der Waals surface area contributed by atoms with Crippen molar-refractivity contribution >= 4 is 16.7 Å². The minimum atomic E-state index is -0.409. The van der Waals surface area contributed by atoms with Crippen molar-refractivity contribution in [3.63, 3.8) is 0 Å². The molecule has 0 radical (unpaired) electrons. The first-order chi connectivity index (χ1) is 18.8. The van der Waals surface area contributed by atoms with Crippen LogP contribution in [-0.2, 0) is 0 Å². The fourth-order valence-corrected chi connectivity index (χ4v) is 5.52. The summed E-state index contributed by atoms with van der Waals surface area (Å²) in [5.41, 5.74) is 9.82. The SMILES string of the molecule is OC1=C(c2ccccc2)C=C(c2ccccc2)C2[O+]=c3c(-c4ccccc4)cc(-c4ccccc4)cc3=C12. The Bertz CT molecular complexity index is 1830. The summed E-state index contributed by atoms with van der Waals surface area (Å²) in [5, 5.41) is 12.8. The number of hydrogen-bond donors (Lipinski definition) is 1. The number of hydrogen-bond acceptors (Lipinski definition) is 1. The molecule has 2 nitrogen and oxygen atoms in total. The zero-order chi connectivity index (χ0) is 25.5. The van der Waals surface area contributed by atoms with E-state index < -0.39 is 6.10 Å². The number of benzene rings is 5. The van der Waals surface area contributed by atoms with E-state index in [-0.39, 0.29) is 5.76 Å². The quantitative estimate of drug-likeness (QED) is 0.265. The highest BCUT2D eigenvalue weighted by Gasteiger charge is 2.43. The average Bonchev–Trinajstić information content (AvgIpc) is 3.39. The zero-order valence-electron chi connectivity index (χ0n) is 20.7. The molecule has 1 atom stereocenters. The van der Waals surface area contributed by atoms with Gasteiger partial charge in [-0.2, -0.15) is 0 Å². The summed E-state index contributed by atoms with van der Waals surface area (Å²) in [6.07, 6.45) is 1.67. The van der Waals surface area contributed by atoms with E-state index in [9.17, 15) is 5.11 Å². The lowest BCUT2D eigenvalue weighted by Crippen LogP contribution is -2.27. The molecular formula is C36H25O2+. The molecule has 0 saturated carbocycles. The van der Waals surface area contributed by atoms with Gasteiger partial charge in [0, 0.05) is 5.57 Å². The summed E-state index contributed by atoms with van der Waals surface area (Å²) in [7, 11) is 0. The first-order valence-electron chi connectivity index (χ1n) is 12.9. The summed E-state index contributed by atoms with van der Waals surface area (Å²) >= 11 is 0. The average molecular weight is 490 g/mol. The van der Waals surface area contributed by atoms with Crippen LogP contribution in [-0.4, -0.2) is 11.2 Å². The van der Waals surface area contributed by atoms with Crippen LogP contribution >= 0.6 is 0 Å². The Labute approximate surface area is 221 Å². The second-order valence-electron chi connectivity index (χ2n) is 9.64. The lowest BCUT2D eigenvalue weighted by molar-refractivity contribution is 0.437. The van der Waals surface area contributed by atoms with Gasteiger partial charge in [-0.05, 0) is 46.0 Å². The second-order valence-corrected chi connectivity index (χ2v) is 9.64. The molecule has 1 aliphatic heterocycles. The minimum absolute atomic E-state index is 0.267. The predicted octanol–water partition coefficient (Wildman–Crippen LogP) is 7.23. The number of allylic oxidation sites excluding steroid dienone is 2. The van der Waals surface area contributed by atoms with Crippen LogP contribution in [0.15, 0.2) is 150 Å². The molecular weight excluding hydrogens is 464 g/mol. The summed E-state index contributed by atoms with van der Waals surface area (Å²) in [6, 6.07) is 45.5. The van der Waals surface area contributed by atoms with Crippen molar-refractivity contribution in [2.75, 3.05) is 0 Å². The molecule has 0 spiro atoms. The maximum Gasteiger partial charge on any atom is 0.360 e. The van der Waals surface area contributed by atoms with Gasteiger partial charge in [0.05, 0.1) is 16.4 Å². The van der Waals surface area contributed by atoms with E-state index in [0.29, 0.717) is 0 Å². The van der Waals surface area contributed by atoms with Gasteiger partial charge in [-0.25, -0.2) is 4.42 Å². The standard InChI is InChI=1S/C36H24O2/c37-34-29(25-15-7-2-8-16-25)23-31(27-19-11-4-12-20-27)36-33(34)32-22-28(24-13-5-1-6-14-24)21-30(35(32)38-36)26-17-9-3-10-18-26/h1-23,36H/p+1. The van der Waals surface area contributed by atoms with E-state index in [1.165, 1.54) is 0 Å². The smallest absolute Gasteiger partial charge is 0.360 e. The molecule has 0 saturated heterocycles. The maximum atomic E-state index is 11.8. The summed E-state index contributed by atoms with van der Waals surface area (Å²) in [4.78, 5) is 0. The van der Waals surface area contributed by atoms with Crippen molar-refractivity contribution in [2.45, 2.75) is 6.10 Å². The number of aliphatic hydroxyl groups excluding tert-OH is 1. The molecule has 2 heteroatoms. The van der Waals surface area contributed by atoms with Crippen molar-refractivity contribution in [1.82, 2.24) is 0 Å². The molecule has 2 aliphatic rings. The highest BCUT2D eigenvalue weighted by Crippen LogP contribution is 2.41. The molecule has 1 aliphatic carbocycles. The Morgan fingerprint density at radius 3 is 1.66 bits per heavy atom. The summed E-state index contributed by atoms with van der Waals surface area (Å²) in [5.74, 6) is 0.267. The Balaban J connectivity index is 1.58. The van der Waals surface area contributed by atoms with Gasteiger partial charge in [0.2, 0.25) is 0 Å². The molecule has 5 aromatic rings. The molecule has 0 bridgehead atoms. The summed E-state index contributed by atoms with van der Waals surface area (Å²) in [6.45, 7) is 0. The van der Waals surface area contributed by atoms with E-state index in [4.69, 9.17) is 4.42 Å². The van der Waals surface area contributed by atoms with Gasteiger partial charge < -0.3 is 5.11 Å². The molecule has 38 heavy (non-hydrogen) atoms. The highest BCUT2D eigenvalue weighted by atomic mass is 16.4. The second kappa shape index (κ2) is 9.17. The van der Waals surface area contributed by atoms with Crippen LogP contribution in [0.2, 0.25) is 0 Å². The molecule has 1 heterocycles. The Morgan fingerprint density at radius 1 is 0.526 bits per heavy atom. The fraction of sp³-hybridized carbons (Fsp3) is 0.0278. The van der Waals surface area contributed by atoms with Gasteiger partial charge in [-0.1, -0.05) is 121 Å². The largest absolute Gasteiger partial charge is 0.507 e. The van der Waals surface area contributed by atoms with Gasteiger partial charge in [0.1, 0.15) is 11.3 Å². The Morgan fingerprint density at radius 2 is 1.05 bits per heavy atom. The van der Waals surface area contributed by atoms with Gasteiger partial charge >= 0.3 is 11.5 Å². The van der Waals surface area contributed by atoms with Gasteiger partial charge in [-0.3, -0.25) is 0 Å². The van der Waals surface area contributed by atoms with E-state index in [1.807, 2.05) is 72.8 Å². The van der Waals surface area contributed by atoms with E-state index in [1.54, 1.807) is 0 Å². The van der Waals surface area contributed by atoms with Crippen LogP contribution in [0.5, 0.6) is 0 Å². The minimum Gasteiger partial charge on any atom is -0.507 e. The van der Waals surface area contributed by atoms with E-state index >= 15 is 0 Å². The third kappa shape index (κ3) is 3.70. The first-order valence-corrected chi connectivity index (χ1v) is 12.9. The number of rotatable bonds is 4. The van der Waals surface area contributed by atoms with Crippen molar-refractivity contribution in [2.24, 2.45) is 0 Å². The van der Waals surface area contributed by atoms with Gasteiger partial charge in [0.25, 0.3) is 0 Å². The molecule has 7 rings (SSSR count). The molecule has 5 aromatic carbocycles. The fourth-order valence-electron chi connectivity index (χ4n) is 5.52. The van der Waals surface area contributed by atoms with E-state index in [0.717, 1.165) is 60.7 Å². The van der Waals surface area contributed by atoms with Crippen LogP contribution in [0.3, 0.4) is 0 Å². The van der Waals surface area contributed by atoms with Crippen LogP contribution in [0, 0.1) is 0 Å². The Kier molecular flexibility index (Phi) is 5.37. The predicted molar refractivity (Wildman–Crippen MR) is 156 cm³/mol. The molecule has 1 unspecified atom stereocenters. The first kappa shape index (κ1) is 22.3. The third-order valence-corrected chi connectivity index (χ3v) is 7.35. The molecule has 1 N–H and O–H groups in total. The maximum absolute atomic E-state index is 11.8. The monoisotopic (exact) mass is 489 g/mol. The van der Waals surface area contributed by atoms with Crippen molar-refractivity contribution in [3.8, 4) is 22.3 Å². The lowest BCUT2D eigenvalue weighted by Gasteiger charge is -2.18. The lowest BCUT2D eigenvalue weighted by atomic mass is 9.83. The van der Waals surface area contributed by atoms with Gasteiger partial charge in [0.15, 0.2) is 0 Å². The molecule has 0 fully saturated rings. The molecule has 180 valence electrons. The number of fused-ring (bicyclic) bond motifs is 2. The third-order valence-electron chi connectivity index (χ3n) is 7.35. The molecule has 0 aromatic heterocycles. The van der Waals surface area contributed by atoms with Crippen LogP contribution in [0.25, 0.3) is 39.0 Å². The van der Waals surface area contributed by atoms with Crippen LogP contribution < -0.4 is 10.6 Å². The van der Waals surface area contributed by atoms with Crippen molar-refractivity contribution in [3.05, 3.63) is 171 Å². The normalized spacial score (nSPS) is 15.9. The topological polar surface area (TPSA) is 31.5 Å². The Hall–Kier alpha value is -4.95.